The van der Waals surface area contributed by atoms with Crippen molar-refractivity contribution in [1.29, 1.82) is 0 Å². The smallest absolute Gasteiger partial charge is 0.335 e. The van der Waals surface area contributed by atoms with Crippen molar-refractivity contribution in [2.45, 2.75) is 13.3 Å². The van der Waals surface area contributed by atoms with Crippen LogP contribution < -0.4 is 15.0 Å². The van der Waals surface area contributed by atoms with Crippen LogP contribution in [0.1, 0.15) is 23.6 Å². The zero-order valence-electron chi connectivity index (χ0n) is 18.8. The van der Waals surface area contributed by atoms with E-state index in [1.165, 1.54) is 24.3 Å². The van der Waals surface area contributed by atoms with Crippen molar-refractivity contribution in [3.8, 4) is 5.75 Å². The predicted molar refractivity (Wildman–Crippen MR) is 150 cm³/mol. The SMILES string of the molecule is CCOc1cc(/C=C2\C(=O)NC(=O)N(c3ccc(Cl)c(Cl)c3)C2=O)cc(I)c1Cc1ccccc1Cl. The Kier molecular flexibility index (Phi) is 8.24. The number of amides is 4. The highest BCUT2D eigenvalue weighted by Gasteiger charge is 2.37. The van der Waals surface area contributed by atoms with Gasteiger partial charge in [0, 0.05) is 20.6 Å². The molecule has 1 aliphatic rings. The lowest BCUT2D eigenvalue weighted by atomic mass is 10.0. The maximum absolute atomic E-state index is 13.2. The van der Waals surface area contributed by atoms with Crippen LogP contribution in [0.4, 0.5) is 10.5 Å². The van der Waals surface area contributed by atoms with E-state index in [1.54, 1.807) is 6.07 Å². The lowest BCUT2D eigenvalue weighted by molar-refractivity contribution is -0.122. The first-order valence-corrected chi connectivity index (χ1v) is 13.0. The second kappa shape index (κ2) is 11.2. The molecule has 0 saturated carbocycles. The highest BCUT2D eigenvalue weighted by atomic mass is 127. The van der Waals surface area contributed by atoms with Crippen LogP contribution in [0.3, 0.4) is 0 Å². The number of carbonyl (C=O) groups excluding carboxylic acids is 3. The Balaban J connectivity index is 1.73. The number of halogens is 4. The van der Waals surface area contributed by atoms with Crippen LogP contribution >= 0.6 is 57.4 Å². The summed E-state index contributed by atoms with van der Waals surface area (Å²) >= 11 is 20.6. The third-order valence-electron chi connectivity index (χ3n) is 5.38. The van der Waals surface area contributed by atoms with Gasteiger partial charge in [0.2, 0.25) is 0 Å². The number of nitrogens with zero attached hydrogens (tertiary/aromatic N) is 1. The molecular formula is C26H18Cl3IN2O4. The molecule has 0 bridgehead atoms. The van der Waals surface area contributed by atoms with Gasteiger partial charge in [-0.3, -0.25) is 14.9 Å². The van der Waals surface area contributed by atoms with Gasteiger partial charge in [-0.05, 0) is 83.1 Å². The predicted octanol–water partition coefficient (Wildman–Crippen LogP) is 6.91. The number of anilines is 1. The minimum atomic E-state index is -0.875. The highest BCUT2D eigenvalue weighted by molar-refractivity contribution is 14.1. The van der Waals surface area contributed by atoms with E-state index >= 15 is 0 Å². The third kappa shape index (κ3) is 5.54. The molecule has 10 heteroatoms. The zero-order chi connectivity index (χ0) is 26.0. The van der Waals surface area contributed by atoms with E-state index in [4.69, 9.17) is 39.5 Å². The third-order valence-corrected chi connectivity index (χ3v) is 7.45. The van der Waals surface area contributed by atoms with Gasteiger partial charge >= 0.3 is 6.03 Å². The van der Waals surface area contributed by atoms with E-state index in [1.807, 2.05) is 37.3 Å². The van der Waals surface area contributed by atoms with Crippen molar-refractivity contribution in [2.75, 3.05) is 11.5 Å². The van der Waals surface area contributed by atoms with Crippen LogP contribution in [0.15, 0.2) is 60.2 Å². The van der Waals surface area contributed by atoms with Crippen LogP contribution in [0.25, 0.3) is 6.08 Å². The normalized spacial score (nSPS) is 14.9. The molecule has 0 aliphatic carbocycles. The van der Waals surface area contributed by atoms with Crippen LogP contribution in [-0.4, -0.2) is 24.5 Å². The van der Waals surface area contributed by atoms with E-state index in [-0.39, 0.29) is 21.3 Å². The number of carbonyl (C=O) groups is 3. The molecule has 1 saturated heterocycles. The molecule has 1 fully saturated rings. The van der Waals surface area contributed by atoms with E-state index in [2.05, 4.69) is 27.9 Å². The van der Waals surface area contributed by atoms with E-state index < -0.39 is 17.8 Å². The molecule has 0 aromatic heterocycles. The van der Waals surface area contributed by atoms with Crippen molar-refractivity contribution in [2.24, 2.45) is 0 Å². The Morgan fingerprint density at radius 1 is 0.972 bits per heavy atom. The summed E-state index contributed by atoms with van der Waals surface area (Å²) in [5, 5.41) is 3.29. The fraction of sp³-hybridized carbons (Fsp3) is 0.115. The number of hydrogen-bond donors (Lipinski definition) is 1. The molecule has 0 unspecified atom stereocenters. The summed E-state index contributed by atoms with van der Waals surface area (Å²) in [6, 6.07) is 14.6. The standard InChI is InChI=1S/C26H18Cl3IN2O4/c1-2-36-23-11-14(10-22(30)17(23)12-15-5-3-4-6-19(15)27)9-18-24(33)31-26(35)32(25(18)34)16-7-8-20(28)21(29)13-16/h3-11,13H,2,12H2,1H3,(H,31,33,35)/b18-9+. The number of hydrogen-bond acceptors (Lipinski definition) is 4. The van der Waals surface area contributed by atoms with Gasteiger partial charge in [-0.25, -0.2) is 9.69 Å². The van der Waals surface area contributed by atoms with Gasteiger partial charge in [0.05, 0.1) is 22.3 Å². The molecule has 6 nitrogen and oxygen atoms in total. The van der Waals surface area contributed by atoms with Gasteiger partial charge in [0.15, 0.2) is 0 Å². The molecule has 4 amide bonds. The first-order valence-electron chi connectivity index (χ1n) is 10.7. The quantitative estimate of drug-likeness (QED) is 0.178. The molecule has 0 radical (unpaired) electrons. The number of rotatable bonds is 6. The lowest BCUT2D eigenvalue weighted by Gasteiger charge is -2.26. The fourth-order valence-electron chi connectivity index (χ4n) is 3.69. The molecule has 36 heavy (non-hydrogen) atoms. The summed E-state index contributed by atoms with van der Waals surface area (Å²) in [4.78, 5) is 39.2. The van der Waals surface area contributed by atoms with Gasteiger partial charge in [0.25, 0.3) is 11.8 Å². The molecule has 0 atom stereocenters. The fourth-order valence-corrected chi connectivity index (χ4v) is 5.00. The van der Waals surface area contributed by atoms with Crippen molar-refractivity contribution < 1.29 is 19.1 Å². The number of urea groups is 1. The monoisotopic (exact) mass is 654 g/mol. The second-order valence-corrected chi connectivity index (χ2v) is 10.1. The molecule has 0 spiro atoms. The van der Waals surface area contributed by atoms with E-state index in [0.717, 1.165) is 19.6 Å². The van der Waals surface area contributed by atoms with Crippen LogP contribution in [0.5, 0.6) is 5.75 Å². The summed E-state index contributed by atoms with van der Waals surface area (Å²) in [5.74, 6) is -0.970. The van der Waals surface area contributed by atoms with E-state index in [0.29, 0.717) is 29.4 Å². The molecule has 3 aromatic carbocycles. The summed E-state index contributed by atoms with van der Waals surface area (Å²) in [6.45, 7) is 2.29. The largest absolute Gasteiger partial charge is 0.494 e. The van der Waals surface area contributed by atoms with Crippen LogP contribution in [0.2, 0.25) is 15.1 Å². The number of benzene rings is 3. The van der Waals surface area contributed by atoms with Crippen molar-refractivity contribution >= 4 is 87.0 Å². The molecular weight excluding hydrogens is 638 g/mol. The number of nitrogens with one attached hydrogen (secondary N) is 1. The Bertz CT molecular complexity index is 1420. The van der Waals surface area contributed by atoms with Gasteiger partial charge in [-0.1, -0.05) is 53.0 Å². The Hall–Kier alpha value is -2.59. The number of barbiturate groups is 1. The van der Waals surface area contributed by atoms with Crippen LogP contribution in [-0.2, 0) is 16.0 Å². The van der Waals surface area contributed by atoms with Gasteiger partial charge < -0.3 is 4.74 Å². The molecule has 1 aliphatic heterocycles. The maximum Gasteiger partial charge on any atom is 0.335 e. The van der Waals surface area contributed by atoms with Crippen LogP contribution in [0, 0.1) is 3.57 Å². The Morgan fingerprint density at radius 3 is 2.42 bits per heavy atom. The average molecular weight is 656 g/mol. The summed E-state index contributed by atoms with van der Waals surface area (Å²) in [6.07, 6.45) is 1.97. The first kappa shape index (κ1) is 26.5. The maximum atomic E-state index is 13.2. The summed E-state index contributed by atoms with van der Waals surface area (Å²) < 4.78 is 6.76. The van der Waals surface area contributed by atoms with Crippen molar-refractivity contribution in [3.05, 3.63) is 95.5 Å². The molecule has 1 heterocycles. The van der Waals surface area contributed by atoms with E-state index in [9.17, 15) is 14.4 Å². The molecule has 1 N–H and O–H groups in total. The number of imide groups is 2. The minimum absolute atomic E-state index is 0.169. The topological polar surface area (TPSA) is 75.7 Å². The lowest BCUT2D eigenvalue weighted by Crippen LogP contribution is -2.54. The molecule has 3 aromatic rings. The number of ether oxygens (including phenoxy) is 1. The van der Waals surface area contributed by atoms with Gasteiger partial charge in [-0.2, -0.15) is 0 Å². The highest BCUT2D eigenvalue weighted by Crippen LogP contribution is 2.33. The minimum Gasteiger partial charge on any atom is -0.494 e. The molecule has 4 rings (SSSR count). The average Bonchev–Trinajstić information content (AvgIpc) is 2.82. The Morgan fingerprint density at radius 2 is 1.72 bits per heavy atom. The summed E-state index contributed by atoms with van der Waals surface area (Å²) in [5.41, 5.74) is 2.41. The van der Waals surface area contributed by atoms with Gasteiger partial charge in [-0.15, -0.1) is 0 Å². The Labute approximate surface area is 236 Å². The second-order valence-electron chi connectivity index (χ2n) is 7.74. The zero-order valence-corrected chi connectivity index (χ0v) is 23.2. The van der Waals surface area contributed by atoms with Crippen molar-refractivity contribution in [3.63, 3.8) is 0 Å². The first-order chi connectivity index (χ1) is 17.2. The molecule has 184 valence electrons. The van der Waals surface area contributed by atoms with Gasteiger partial charge in [0.1, 0.15) is 11.3 Å². The van der Waals surface area contributed by atoms with Crippen molar-refractivity contribution in [1.82, 2.24) is 5.32 Å². The summed E-state index contributed by atoms with van der Waals surface area (Å²) in [7, 11) is 0.